The van der Waals surface area contributed by atoms with Crippen molar-refractivity contribution in [3.63, 3.8) is 0 Å². The van der Waals surface area contributed by atoms with E-state index in [0.29, 0.717) is 4.83 Å². The smallest absolute Gasteiger partial charge is 0.0876 e. The summed E-state index contributed by atoms with van der Waals surface area (Å²) in [6.45, 7) is 2.14. The van der Waals surface area contributed by atoms with Gasteiger partial charge >= 0.3 is 0 Å². The van der Waals surface area contributed by atoms with Gasteiger partial charge in [0, 0.05) is 11.2 Å². The Morgan fingerprint density at radius 1 is 1.32 bits per heavy atom. The van der Waals surface area contributed by atoms with Gasteiger partial charge in [0.2, 0.25) is 0 Å². The van der Waals surface area contributed by atoms with Crippen LogP contribution in [0.2, 0.25) is 0 Å². The molecule has 0 radical (unpaired) electrons. The number of alkyl halides is 2. The number of terminal acetylenes is 1. The molecule has 19 heavy (non-hydrogen) atoms. The van der Waals surface area contributed by atoms with Crippen molar-refractivity contribution in [3.8, 4) is 12.3 Å². The molecule has 0 aromatic rings. The molecule has 0 aliphatic carbocycles. The van der Waals surface area contributed by atoms with Crippen molar-refractivity contribution in [2.24, 2.45) is 0 Å². The zero-order chi connectivity index (χ0) is 13.8. The maximum atomic E-state index is 6.47. The van der Waals surface area contributed by atoms with E-state index in [4.69, 9.17) is 27.5 Å². The normalized spacial score (nSPS) is 42.8. The number of fused-ring (bicyclic) bond motifs is 2. The summed E-state index contributed by atoms with van der Waals surface area (Å²) in [4.78, 5) is 0.300. The van der Waals surface area contributed by atoms with Gasteiger partial charge in [0.25, 0.3) is 0 Å². The summed E-state index contributed by atoms with van der Waals surface area (Å²) in [5.41, 5.74) is 0. The van der Waals surface area contributed by atoms with Crippen molar-refractivity contribution in [3.05, 3.63) is 12.2 Å². The maximum absolute atomic E-state index is 6.47. The van der Waals surface area contributed by atoms with Gasteiger partial charge in [-0.2, -0.15) is 0 Å². The summed E-state index contributed by atoms with van der Waals surface area (Å²) in [5, 5.41) is 0.0476. The van der Waals surface area contributed by atoms with Crippen LogP contribution < -0.4 is 0 Å². The summed E-state index contributed by atoms with van der Waals surface area (Å²) in [5.74, 6) is 2.50. The number of halogens is 2. The number of allylic oxidation sites excluding steroid dienone is 1. The highest BCUT2D eigenvalue weighted by Gasteiger charge is 2.43. The average molecular weight is 348 g/mol. The third kappa shape index (κ3) is 3.76. The lowest BCUT2D eigenvalue weighted by molar-refractivity contribution is -0.0500. The minimum Gasteiger partial charge on any atom is -0.371 e. The highest BCUT2D eigenvalue weighted by molar-refractivity contribution is 9.09. The standard InChI is InChI=1S/C15H20BrClO2/c1-3-5-6-7-13-15-9-14(19-13)11(17)8-10(16)12(4-2)18-15/h1,5-6,10-15H,4,7-9H2,2H3/t10-,11-,12+,13+,14-,15-/m0/s1. The largest absolute Gasteiger partial charge is 0.371 e. The van der Waals surface area contributed by atoms with Crippen LogP contribution in [0.4, 0.5) is 0 Å². The third-order valence-corrected chi connectivity index (χ3v) is 5.24. The van der Waals surface area contributed by atoms with E-state index in [1.54, 1.807) is 6.08 Å². The van der Waals surface area contributed by atoms with Crippen molar-refractivity contribution in [1.29, 1.82) is 0 Å². The SMILES string of the molecule is C#CC=CC[C@H]1O[C@H]2C[C@@H]1O[C@H](CC)[C@@H](Br)C[C@@H]2Cl. The number of ether oxygens (including phenoxy) is 2. The Morgan fingerprint density at radius 3 is 2.74 bits per heavy atom. The fraction of sp³-hybridized carbons (Fsp3) is 0.733. The van der Waals surface area contributed by atoms with Gasteiger partial charge in [-0.25, -0.2) is 0 Å². The molecule has 106 valence electrons. The van der Waals surface area contributed by atoms with E-state index < -0.39 is 0 Å². The van der Waals surface area contributed by atoms with Gasteiger partial charge in [-0.1, -0.05) is 34.9 Å². The van der Waals surface area contributed by atoms with Crippen LogP contribution in [0, 0.1) is 12.3 Å². The molecule has 0 unspecified atom stereocenters. The Bertz CT molecular complexity index is 366. The van der Waals surface area contributed by atoms with E-state index in [1.165, 1.54) is 0 Å². The van der Waals surface area contributed by atoms with E-state index >= 15 is 0 Å². The summed E-state index contributed by atoms with van der Waals surface area (Å²) in [6, 6.07) is 0. The number of hydrogen-bond donors (Lipinski definition) is 0. The van der Waals surface area contributed by atoms with Crippen molar-refractivity contribution in [1.82, 2.24) is 0 Å². The second-order valence-corrected chi connectivity index (χ2v) is 6.88. The monoisotopic (exact) mass is 346 g/mol. The van der Waals surface area contributed by atoms with Gasteiger partial charge in [0.05, 0.1) is 29.8 Å². The molecule has 6 atom stereocenters. The first kappa shape index (κ1) is 15.4. The predicted molar refractivity (Wildman–Crippen MR) is 81.8 cm³/mol. The third-order valence-electron chi connectivity index (χ3n) is 3.82. The Labute approximate surface area is 129 Å². The highest BCUT2D eigenvalue weighted by Crippen LogP contribution is 2.37. The fourth-order valence-corrected chi connectivity index (χ4v) is 4.25. The average Bonchev–Trinajstić information content (AvgIpc) is 2.79. The van der Waals surface area contributed by atoms with E-state index in [9.17, 15) is 0 Å². The Kier molecular flexibility index (Phi) is 5.77. The van der Waals surface area contributed by atoms with Crippen molar-refractivity contribution in [2.45, 2.75) is 67.2 Å². The lowest BCUT2D eigenvalue weighted by Gasteiger charge is -2.30. The molecule has 0 saturated carbocycles. The van der Waals surface area contributed by atoms with E-state index in [2.05, 4.69) is 28.8 Å². The van der Waals surface area contributed by atoms with Crippen LogP contribution in [0.1, 0.15) is 32.6 Å². The van der Waals surface area contributed by atoms with E-state index in [0.717, 1.165) is 25.7 Å². The van der Waals surface area contributed by atoms with E-state index in [-0.39, 0.29) is 29.8 Å². The molecule has 0 spiro atoms. The molecule has 2 heterocycles. The van der Waals surface area contributed by atoms with Crippen LogP contribution >= 0.6 is 27.5 Å². The van der Waals surface area contributed by atoms with Crippen LogP contribution in [0.3, 0.4) is 0 Å². The van der Waals surface area contributed by atoms with Gasteiger partial charge in [0.15, 0.2) is 0 Å². The molecule has 2 aliphatic heterocycles. The zero-order valence-corrected chi connectivity index (χ0v) is 13.4. The second-order valence-electron chi connectivity index (χ2n) is 5.14. The molecule has 0 aromatic heterocycles. The quantitative estimate of drug-likeness (QED) is 0.573. The summed E-state index contributed by atoms with van der Waals surface area (Å²) in [6.07, 6.45) is 12.9. The van der Waals surface area contributed by atoms with Gasteiger partial charge in [-0.05, 0) is 25.3 Å². The molecule has 0 aromatic carbocycles. The summed E-state index contributed by atoms with van der Waals surface area (Å²) >= 11 is 10.2. The molecule has 0 N–H and O–H groups in total. The molecule has 2 saturated heterocycles. The highest BCUT2D eigenvalue weighted by atomic mass is 79.9. The van der Waals surface area contributed by atoms with Crippen LogP contribution in [-0.2, 0) is 9.47 Å². The molecular formula is C15H20BrClO2. The predicted octanol–water partition coefficient (Wildman–Crippen LogP) is 3.66. The van der Waals surface area contributed by atoms with Crippen molar-refractivity contribution < 1.29 is 9.47 Å². The van der Waals surface area contributed by atoms with Gasteiger partial charge in [0.1, 0.15) is 0 Å². The molecule has 2 nitrogen and oxygen atoms in total. The number of rotatable bonds is 3. The van der Waals surface area contributed by atoms with Gasteiger partial charge in [-0.15, -0.1) is 18.0 Å². The molecule has 2 fully saturated rings. The minimum atomic E-state index is 0.0476. The zero-order valence-electron chi connectivity index (χ0n) is 11.1. The summed E-state index contributed by atoms with van der Waals surface area (Å²) in [7, 11) is 0. The first-order chi connectivity index (χ1) is 9.15. The number of hydrogen-bond acceptors (Lipinski definition) is 2. The molecule has 2 aliphatic rings. The van der Waals surface area contributed by atoms with Gasteiger partial charge in [-0.3, -0.25) is 0 Å². The van der Waals surface area contributed by atoms with E-state index in [1.807, 2.05) is 6.08 Å². The lowest BCUT2D eigenvalue weighted by Crippen LogP contribution is -2.37. The Balaban J connectivity index is 2.07. The summed E-state index contributed by atoms with van der Waals surface area (Å²) < 4.78 is 12.3. The Hall–Kier alpha value is -0.0100. The first-order valence-electron chi connectivity index (χ1n) is 6.85. The fourth-order valence-electron chi connectivity index (χ4n) is 2.78. The molecule has 2 bridgehead atoms. The topological polar surface area (TPSA) is 18.5 Å². The molecule has 2 rings (SSSR count). The van der Waals surface area contributed by atoms with Crippen LogP contribution in [0.15, 0.2) is 12.2 Å². The molecule has 4 heteroatoms. The second kappa shape index (κ2) is 7.13. The molecular weight excluding hydrogens is 328 g/mol. The first-order valence-corrected chi connectivity index (χ1v) is 8.21. The van der Waals surface area contributed by atoms with Crippen molar-refractivity contribution >= 4 is 27.5 Å². The van der Waals surface area contributed by atoms with Gasteiger partial charge < -0.3 is 9.47 Å². The van der Waals surface area contributed by atoms with Crippen LogP contribution in [0.5, 0.6) is 0 Å². The maximum Gasteiger partial charge on any atom is 0.0876 e. The Morgan fingerprint density at radius 2 is 2.05 bits per heavy atom. The lowest BCUT2D eigenvalue weighted by atomic mass is 9.99. The molecule has 0 amide bonds. The minimum absolute atomic E-state index is 0.0476. The van der Waals surface area contributed by atoms with Crippen molar-refractivity contribution in [2.75, 3.05) is 0 Å². The van der Waals surface area contributed by atoms with Crippen LogP contribution in [0.25, 0.3) is 0 Å². The van der Waals surface area contributed by atoms with Crippen LogP contribution in [-0.4, -0.2) is 34.6 Å².